The molecule has 0 aliphatic heterocycles. The molecule has 92 valence electrons. The van der Waals surface area contributed by atoms with Gasteiger partial charge >= 0.3 is 0 Å². The van der Waals surface area contributed by atoms with E-state index in [-0.39, 0.29) is 0 Å². The molecule has 1 aromatic carbocycles. The summed E-state index contributed by atoms with van der Waals surface area (Å²) in [6.07, 6.45) is 9.10. The van der Waals surface area contributed by atoms with Gasteiger partial charge in [-0.25, -0.2) is 0 Å². The summed E-state index contributed by atoms with van der Waals surface area (Å²) in [6.45, 7) is 4.63. The summed E-state index contributed by atoms with van der Waals surface area (Å²) in [5, 5.41) is 0. The van der Waals surface area contributed by atoms with Gasteiger partial charge in [-0.2, -0.15) is 0 Å². The van der Waals surface area contributed by atoms with Crippen molar-refractivity contribution in [1.29, 1.82) is 0 Å². The van der Waals surface area contributed by atoms with Gasteiger partial charge in [-0.05, 0) is 37.2 Å². The Morgan fingerprint density at radius 1 is 1.18 bits per heavy atom. The minimum Gasteiger partial charge on any atom is -0.0844 e. The molecule has 0 fully saturated rings. The Morgan fingerprint density at radius 2 is 1.94 bits per heavy atom. The summed E-state index contributed by atoms with van der Waals surface area (Å²) in [5.74, 6) is 1.60. The minimum absolute atomic E-state index is 0.661. The molecule has 0 nitrogen and oxygen atoms in total. The maximum Gasteiger partial charge on any atom is 0.00455 e. The van der Waals surface area contributed by atoms with E-state index in [2.05, 4.69) is 50.3 Å². The van der Waals surface area contributed by atoms with E-state index in [1.54, 1.807) is 5.57 Å². The van der Waals surface area contributed by atoms with Crippen molar-refractivity contribution in [3.05, 3.63) is 47.5 Å². The standard InChI is InChI=1S/C17H24/c1-3-14-10-12-16(13-11-14)17(4-2)15-8-6-5-7-9-15/h5-9,12,14,17H,3-4,10-11,13H2,1-2H3. The van der Waals surface area contributed by atoms with Crippen molar-refractivity contribution >= 4 is 0 Å². The van der Waals surface area contributed by atoms with Gasteiger partial charge in [0.1, 0.15) is 0 Å². The van der Waals surface area contributed by atoms with Gasteiger partial charge in [-0.15, -0.1) is 0 Å². The van der Waals surface area contributed by atoms with Gasteiger partial charge in [0.05, 0.1) is 0 Å². The molecule has 0 spiro atoms. The van der Waals surface area contributed by atoms with Crippen molar-refractivity contribution in [2.24, 2.45) is 5.92 Å². The van der Waals surface area contributed by atoms with Gasteiger partial charge in [-0.3, -0.25) is 0 Å². The molecule has 2 atom stereocenters. The van der Waals surface area contributed by atoms with Gasteiger partial charge in [0.2, 0.25) is 0 Å². The first kappa shape index (κ1) is 12.4. The normalized spacial score (nSPS) is 22.0. The quantitative estimate of drug-likeness (QED) is 0.612. The Bertz CT molecular complexity index is 361. The molecular formula is C17H24. The lowest BCUT2D eigenvalue weighted by Crippen LogP contribution is -2.10. The fraction of sp³-hybridized carbons (Fsp3) is 0.529. The Balaban J connectivity index is 2.12. The highest BCUT2D eigenvalue weighted by Crippen LogP contribution is 2.36. The molecule has 0 bridgehead atoms. The van der Waals surface area contributed by atoms with E-state index in [1.165, 1.54) is 37.7 Å². The lowest BCUT2D eigenvalue weighted by atomic mass is 9.79. The number of hydrogen-bond acceptors (Lipinski definition) is 0. The van der Waals surface area contributed by atoms with Crippen molar-refractivity contribution < 1.29 is 0 Å². The molecule has 2 rings (SSSR count). The lowest BCUT2D eigenvalue weighted by Gasteiger charge is -2.26. The zero-order chi connectivity index (χ0) is 12.1. The Morgan fingerprint density at radius 3 is 2.47 bits per heavy atom. The van der Waals surface area contributed by atoms with E-state index in [9.17, 15) is 0 Å². The van der Waals surface area contributed by atoms with Crippen LogP contribution in [0.4, 0.5) is 0 Å². The number of rotatable bonds is 4. The molecule has 0 aromatic heterocycles. The summed E-state index contributed by atoms with van der Waals surface area (Å²) in [6, 6.07) is 11.0. The molecule has 0 radical (unpaired) electrons. The van der Waals surface area contributed by atoms with Gasteiger partial charge in [0, 0.05) is 5.92 Å². The van der Waals surface area contributed by atoms with E-state index in [4.69, 9.17) is 0 Å². The van der Waals surface area contributed by atoms with Crippen LogP contribution in [0.5, 0.6) is 0 Å². The first-order valence-electron chi connectivity index (χ1n) is 7.09. The average Bonchev–Trinajstić information content (AvgIpc) is 2.42. The molecule has 1 aliphatic rings. The third-order valence-corrected chi connectivity index (χ3v) is 4.19. The van der Waals surface area contributed by atoms with Gasteiger partial charge in [-0.1, -0.05) is 62.2 Å². The fourth-order valence-electron chi connectivity index (χ4n) is 2.99. The summed E-state index contributed by atoms with van der Waals surface area (Å²) < 4.78 is 0. The first-order chi connectivity index (χ1) is 8.35. The van der Waals surface area contributed by atoms with E-state index in [0.29, 0.717) is 5.92 Å². The number of hydrogen-bond donors (Lipinski definition) is 0. The number of allylic oxidation sites excluding steroid dienone is 2. The molecule has 0 heteroatoms. The third-order valence-electron chi connectivity index (χ3n) is 4.19. The van der Waals surface area contributed by atoms with Gasteiger partial charge in [0.15, 0.2) is 0 Å². The van der Waals surface area contributed by atoms with Crippen LogP contribution in [0.2, 0.25) is 0 Å². The second kappa shape index (κ2) is 6.05. The van der Waals surface area contributed by atoms with Crippen molar-refractivity contribution in [3.63, 3.8) is 0 Å². The maximum atomic E-state index is 2.53. The van der Waals surface area contributed by atoms with Crippen LogP contribution in [0.1, 0.15) is 57.4 Å². The fourth-order valence-corrected chi connectivity index (χ4v) is 2.99. The molecule has 0 saturated carbocycles. The molecule has 0 N–H and O–H groups in total. The third kappa shape index (κ3) is 3.00. The minimum atomic E-state index is 0.661. The SMILES string of the molecule is CCC1CC=C(C(CC)c2ccccc2)CC1. The van der Waals surface area contributed by atoms with Gasteiger partial charge in [0.25, 0.3) is 0 Å². The van der Waals surface area contributed by atoms with Crippen LogP contribution in [0.25, 0.3) is 0 Å². The number of benzene rings is 1. The van der Waals surface area contributed by atoms with Crippen LogP contribution in [-0.2, 0) is 0 Å². The van der Waals surface area contributed by atoms with Crippen LogP contribution in [0, 0.1) is 5.92 Å². The van der Waals surface area contributed by atoms with E-state index in [1.807, 2.05) is 0 Å². The predicted octanol–water partition coefficient (Wildman–Crippen LogP) is 5.32. The molecule has 2 unspecified atom stereocenters. The zero-order valence-electron chi connectivity index (χ0n) is 11.2. The molecular weight excluding hydrogens is 204 g/mol. The topological polar surface area (TPSA) is 0 Å². The molecule has 17 heavy (non-hydrogen) atoms. The largest absolute Gasteiger partial charge is 0.0844 e. The summed E-state index contributed by atoms with van der Waals surface area (Å²) in [7, 11) is 0. The van der Waals surface area contributed by atoms with Crippen molar-refractivity contribution in [2.75, 3.05) is 0 Å². The molecule has 0 amide bonds. The monoisotopic (exact) mass is 228 g/mol. The van der Waals surface area contributed by atoms with Crippen LogP contribution in [0.3, 0.4) is 0 Å². The second-order valence-corrected chi connectivity index (χ2v) is 5.20. The Hall–Kier alpha value is -1.04. The second-order valence-electron chi connectivity index (χ2n) is 5.20. The van der Waals surface area contributed by atoms with E-state index in [0.717, 1.165) is 5.92 Å². The highest BCUT2D eigenvalue weighted by molar-refractivity contribution is 5.29. The Kier molecular flexibility index (Phi) is 4.42. The Labute approximate surface area is 106 Å². The van der Waals surface area contributed by atoms with Crippen molar-refractivity contribution in [1.82, 2.24) is 0 Å². The molecule has 0 heterocycles. The first-order valence-corrected chi connectivity index (χ1v) is 7.09. The van der Waals surface area contributed by atoms with E-state index >= 15 is 0 Å². The van der Waals surface area contributed by atoms with Gasteiger partial charge < -0.3 is 0 Å². The highest BCUT2D eigenvalue weighted by atomic mass is 14.2. The van der Waals surface area contributed by atoms with Crippen molar-refractivity contribution in [3.8, 4) is 0 Å². The lowest BCUT2D eigenvalue weighted by molar-refractivity contribution is 0.444. The highest BCUT2D eigenvalue weighted by Gasteiger charge is 2.19. The zero-order valence-corrected chi connectivity index (χ0v) is 11.2. The predicted molar refractivity (Wildman–Crippen MR) is 75.2 cm³/mol. The smallest absolute Gasteiger partial charge is 0.00455 e. The average molecular weight is 228 g/mol. The summed E-state index contributed by atoms with van der Waals surface area (Å²) in [4.78, 5) is 0. The van der Waals surface area contributed by atoms with Crippen LogP contribution in [0.15, 0.2) is 42.0 Å². The maximum absolute atomic E-state index is 2.53. The van der Waals surface area contributed by atoms with Crippen LogP contribution < -0.4 is 0 Å². The summed E-state index contributed by atoms with van der Waals surface area (Å²) in [5.41, 5.74) is 3.18. The van der Waals surface area contributed by atoms with Crippen LogP contribution >= 0.6 is 0 Å². The molecule has 0 saturated heterocycles. The molecule has 1 aliphatic carbocycles. The summed E-state index contributed by atoms with van der Waals surface area (Å²) >= 11 is 0. The van der Waals surface area contributed by atoms with Crippen molar-refractivity contribution in [2.45, 2.75) is 51.9 Å². The molecule has 1 aromatic rings. The van der Waals surface area contributed by atoms with E-state index < -0.39 is 0 Å². The van der Waals surface area contributed by atoms with Crippen LogP contribution in [-0.4, -0.2) is 0 Å².